The van der Waals surface area contributed by atoms with Crippen LogP contribution >= 0.6 is 0 Å². The molecule has 0 saturated heterocycles. The summed E-state index contributed by atoms with van der Waals surface area (Å²) in [5.74, 6) is -0.253. The first-order valence-corrected chi connectivity index (χ1v) is 5.40. The van der Waals surface area contributed by atoms with Crippen LogP contribution in [0, 0.1) is 0 Å². The van der Waals surface area contributed by atoms with Crippen molar-refractivity contribution >= 4 is 11.9 Å². The highest BCUT2D eigenvalue weighted by atomic mass is 16.2. The molecule has 2 aromatic rings. The lowest BCUT2D eigenvalue weighted by atomic mass is 9.92. The van der Waals surface area contributed by atoms with E-state index in [2.05, 4.69) is 20.5 Å². The van der Waals surface area contributed by atoms with Gasteiger partial charge in [0, 0.05) is 0 Å². The lowest BCUT2D eigenvalue weighted by molar-refractivity contribution is -0.120. The van der Waals surface area contributed by atoms with E-state index in [1.54, 1.807) is 19.1 Å². The third-order valence-corrected chi connectivity index (χ3v) is 2.55. The van der Waals surface area contributed by atoms with Gasteiger partial charge in [-0.2, -0.15) is 5.10 Å². The summed E-state index contributed by atoms with van der Waals surface area (Å²) in [5.41, 5.74) is 5.60. The second-order valence-corrected chi connectivity index (χ2v) is 3.99. The monoisotopic (exact) mass is 243 g/mol. The van der Waals surface area contributed by atoms with Crippen LogP contribution < -0.4 is 11.1 Å². The zero-order valence-corrected chi connectivity index (χ0v) is 9.87. The molecule has 2 rings (SSSR count). The molecule has 0 aliphatic rings. The molecule has 0 saturated carbocycles. The molecule has 0 aliphatic carbocycles. The normalized spacial score (nSPS) is 13.7. The molecule has 6 heteroatoms. The third kappa shape index (κ3) is 2.49. The molecular formula is C12H13N5O. The van der Waals surface area contributed by atoms with Gasteiger partial charge in [-0.25, -0.2) is 4.98 Å². The van der Waals surface area contributed by atoms with Crippen molar-refractivity contribution in [3.8, 4) is 0 Å². The molecule has 1 aromatic heterocycles. The van der Waals surface area contributed by atoms with Gasteiger partial charge >= 0.3 is 0 Å². The molecule has 1 aromatic carbocycles. The summed E-state index contributed by atoms with van der Waals surface area (Å²) in [6, 6.07) is 9.11. The van der Waals surface area contributed by atoms with Gasteiger partial charge in [-0.15, -0.1) is 5.10 Å². The fourth-order valence-corrected chi connectivity index (χ4v) is 1.45. The van der Waals surface area contributed by atoms with E-state index >= 15 is 0 Å². The van der Waals surface area contributed by atoms with Gasteiger partial charge in [-0.3, -0.25) is 10.1 Å². The molecule has 0 bridgehead atoms. The molecule has 0 aliphatic heterocycles. The number of carbonyl (C=O) groups is 1. The van der Waals surface area contributed by atoms with E-state index in [4.69, 9.17) is 5.73 Å². The highest BCUT2D eigenvalue weighted by Gasteiger charge is 2.30. The minimum atomic E-state index is -1.15. The van der Waals surface area contributed by atoms with Crippen molar-refractivity contribution in [1.29, 1.82) is 0 Å². The number of nitrogens with two attached hydrogens (primary N) is 1. The Labute approximate surface area is 104 Å². The van der Waals surface area contributed by atoms with Crippen molar-refractivity contribution in [3.63, 3.8) is 0 Å². The molecule has 0 radical (unpaired) electrons. The average molecular weight is 243 g/mol. The van der Waals surface area contributed by atoms with Crippen LogP contribution in [0.25, 0.3) is 0 Å². The van der Waals surface area contributed by atoms with Crippen molar-refractivity contribution in [3.05, 3.63) is 48.3 Å². The van der Waals surface area contributed by atoms with Crippen LogP contribution in [0.1, 0.15) is 12.5 Å². The Hall–Kier alpha value is -2.34. The van der Waals surface area contributed by atoms with Gasteiger partial charge in [0.05, 0.1) is 12.4 Å². The predicted octanol–water partition coefficient (Wildman–Crippen LogP) is 0.684. The summed E-state index contributed by atoms with van der Waals surface area (Å²) >= 11 is 0. The number of rotatable bonds is 3. The Morgan fingerprint density at radius 3 is 2.61 bits per heavy atom. The van der Waals surface area contributed by atoms with E-state index in [0.717, 1.165) is 0 Å². The van der Waals surface area contributed by atoms with Crippen molar-refractivity contribution in [1.82, 2.24) is 15.2 Å². The van der Waals surface area contributed by atoms with E-state index < -0.39 is 5.54 Å². The van der Waals surface area contributed by atoms with Crippen LogP contribution in [-0.2, 0) is 10.3 Å². The maximum absolute atomic E-state index is 12.1. The average Bonchev–Trinajstić information content (AvgIpc) is 2.41. The third-order valence-electron chi connectivity index (χ3n) is 2.55. The topological polar surface area (TPSA) is 93.8 Å². The Kier molecular flexibility index (Phi) is 3.29. The molecule has 0 spiro atoms. The Morgan fingerprint density at radius 1 is 1.28 bits per heavy atom. The van der Waals surface area contributed by atoms with E-state index in [1.165, 1.54) is 12.4 Å². The maximum Gasteiger partial charge on any atom is 0.251 e. The highest BCUT2D eigenvalue weighted by Crippen LogP contribution is 2.18. The molecular weight excluding hydrogens is 230 g/mol. The van der Waals surface area contributed by atoms with E-state index in [-0.39, 0.29) is 11.9 Å². The molecule has 1 amide bonds. The number of hydrogen-bond donors (Lipinski definition) is 2. The number of nitrogens with zero attached hydrogens (tertiary/aromatic N) is 3. The summed E-state index contributed by atoms with van der Waals surface area (Å²) < 4.78 is 0. The molecule has 6 nitrogen and oxygen atoms in total. The van der Waals surface area contributed by atoms with Crippen LogP contribution in [0.3, 0.4) is 0 Å². The second kappa shape index (κ2) is 4.89. The van der Waals surface area contributed by atoms with Gasteiger partial charge in [0.1, 0.15) is 5.54 Å². The van der Waals surface area contributed by atoms with Crippen molar-refractivity contribution in [2.45, 2.75) is 12.5 Å². The number of hydrogen-bond acceptors (Lipinski definition) is 5. The minimum absolute atomic E-state index is 0.134. The van der Waals surface area contributed by atoms with Crippen molar-refractivity contribution in [2.24, 2.45) is 5.73 Å². The highest BCUT2D eigenvalue weighted by molar-refractivity contribution is 5.97. The molecule has 3 N–H and O–H groups in total. The summed E-state index contributed by atoms with van der Waals surface area (Å²) in [6.07, 6.45) is 2.87. The van der Waals surface area contributed by atoms with Gasteiger partial charge in [-0.1, -0.05) is 30.3 Å². The zero-order valence-electron chi connectivity index (χ0n) is 9.87. The number of benzene rings is 1. The zero-order chi connectivity index (χ0) is 13.0. The maximum atomic E-state index is 12.1. The first-order chi connectivity index (χ1) is 8.60. The van der Waals surface area contributed by atoms with Crippen LogP contribution in [-0.4, -0.2) is 21.1 Å². The predicted molar refractivity (Wildman–Crippen MR) is 66.4 cm³/mol. The molecule has 1 unspecified atom stereocenters. The number of amides is 1. The number of nitrogens with one attached hydrogen (secondary N) is 1. The smallest absolute Gasteiger partial charge is 0.251 e. The number of anilines is 1. The molecule has 92 valence electrons. The van der Waals surface area contributed by atoms with Gasteiger partial charge in [0.25, 0.3) is 5.91 Å². The Balaban J connectivity index is 2.18. The fourth-order valence-electron chi connectivity index (χ4n) is 1.45. The van der Waals surface area contributed by atoms with Crippen LogP contribution in [0.2, 0.25) is 0 Å². The van der Waals surface area contributed by atoms with Crippen LogP contribution in [0.5, 0.6) is 0 Å². The van der Waals surface area contributed by atoms with E-state index in [1.807, 2.05) is 18.2 Å². The quantitative estimate of drug-likeness (QED) is 0.827. The summed E-state index contributed by atoms with van der Waals surface area (Å²) in [5, 5.41) is 9.83. The lowest BCUT2D eigenvalue weighted by Crippen LogP contribution is -2.45. The van der Waals surface area contributed by atoms with Crippen molar-refractivity contribution in [2.75, 3.05) is 5.32 Å². The number of aromatic nitrogens is 3. The Bertz CT molecular complexity index is 527. The van der Waals surface area contributed by atoms with Gasteiger partial charge < -0.3 is 5.73 Å². The lowest BCUT2D eigenvalue weighted by Gasteiger charge is -2.23. The summed E-state index contributed by atoms with van der Waals surface area (Å²) in [6.45, 7) is 1.63. The van der Waals surface area contributed by atoms with Gasteiger partial charge in [0.2, 0.25) is 5.95 Å². The van der Waals surface area contributed by atoms with E-state index in [9.17, 15) is 4.79 Å². The molecule has 0 fully saturated rings. The first-order valence-electron chi connectivity index (χ1n) is 5.40. The molecule has 18 heavy (non-hydrogen) atoms. The molecule has 1 heterocycles. The molecule has 1 atom stereocenters. The number of carbonyl (C=O) groups excluding carboxylic acids is 1. The summed E-state index contributed by atoms with van der Waals surface area (Å²) in [4.78, 5) is 16.0. The van der Waals surface area contributed by atoms with E-state index in [0.29, 0.717) is 5.56 Å². The van der Waals surface area contributed by atoms with Gasteiger partial charge in [0.15, 0.2) is 0 Å². The fraction of sp³-hybridized carbons (Fsp3) is 0.167. The van der Waals surface area contributed by atoms with Crippen LogP contribution in [0.4, 0.5) is 5.95 Å². The minimum Gasteiger partial charge on any atom is -0.314 e. The van der Waals surface area contributed by atoms with Crippen molar-refractivity contribution < 1.29 is 4.79 Å². The van der Waals surface area contributed by atoms with Gasteiger partial charge in [-0.05, 0) is 12.5 Å². The summed E-state index contributed by atoms with van der Waals surface area (Å²) in [7, 11) is 0. The second-order valence-electron chi connectivity index (χ2n) is 3.99. The Morgan fingerprint density at radius 2 is 2.00 bits per heavy atom. The SMILES string of the molecule is CC(N)(C(=O)Nc1nccnn1)c1ccccc1. The largest absolute Gasteiger partial charge is 0.314 e. The first kappa shape index (κ1) is 12.1. The standard InChI is InChI=1S/C12H13N5O/c1-12(13,9-5-3-2-4-6-9)10(18)16-11-14-7-8-15-17-11/h2-8H,13H2,1H3,(H,14,16,17,18). The van der Waals surface area contributed by atoms with Crippen LogP contribution in [0.15, 0.2) is 42.7 Å².